The van der Waals surface area contributed by atoms with Crippen LogP contribution in [0.15, 0.2) is 18.2 Å². The van der Waals surface area contributed by atoms with Gasteiger partial charge in [-0.3, -0.25) is 14.4 Å². The second-order valence-electron chi connectivity index (χ2n) is 4.91. The first-order valence-corrected chi connectivity index (χ1v) is 6.87. The van der Waals surface area contributed by atoms with E-state index in [1.54, 1.807) is 18.2 Å². The van der Waals surface area contributed by atoms with Gasteiger partial charge in [0.1, 0.15) is 6.42 Å². The minimum atomic E-state index is -0.364. The lowest BCUT2D eigenvalue weighted by Crippen LogP contribution is -2.16. The van der Waals surface area contributed by atoms with Gasteiger partial charge in [-0.05, 0) is 24.6 Å². The highest BCUT2D eigenvalue weighted by Crippen LogP contribution is 2.26. The molecule has 2 N–H and O–H groups in total. The number of Topliss-reactive ketones (excluding diaryl/α,β-unsaturated/α-hetero) is 1. The van der Waals surface area contributed by atoms with Gasteiger partial charge in [0.25, 0.3) is 0 Å². The number of anilines is 2. The molecule has 0 aromatic heterocycles. The van der Waals surface area contributed by atoms with E-state index in [2.05, 4.69) is 17.6 Å². The summed E-state index contributed by atoms with van der Waals surface area (Å²) in [6.45, 7) is 2.09. The third-order valence-electron chi connectivity index (χ3n) is 3.22. The average molecular weight is 274 g/mol. The van der Waals surface area contributed by atoms with Crippen LogP contribution in [0.25, 0.3) is 0 Å². The fourth-order valence-corrected chi connectivity index (χ4v) is 2.14. The number of fused-ring (bicyclic) bond motifs is 1. The molecular formula is C15H18N2O3. The lowest BCUT2D eigenvalue weighted by atomic mass is 10.0. The first kappa shape index (κ1) is 14.2. The van der Waals surface area contributed by atoms with Crippen LogP contribution in [-0.4, -0.2) is 17.6 Å². The number of amides is 2. The second kappa shape index (κ2) is 6.32. The minimum Gasteiger partial charge on any atom is -0.324 e. The van der Waals surface area contributed by atoms with E-state index in [9.17, 15) is 14.4 Å². The Morgan fingerprint density at radius 1 is 1.10 bits per heavy atom. The minimum absolute atomic E-state index is 0.0612. The van der Waals surface area contributed by atoms with E-state index >= 15 is 0 Å². The molecule has 0 fully saturated rings. The Labute approximate surface area is 117 Å². The van der Waals surface area contributed by atoms with Crippen molar-refractivity contribution in [1.29, 1.82) is 0 Å². The maximum Gasteiger partial charge on any atom is 0.233 e. The predicted molar refractivity (Wildman–Crippen MR) is 76.8 cm³/mol. The standard InChI is InChI=1S/C15H18N2O3/c1-2-3-4-5-13(18)10-6-7-11-12(8-10)17-15(20)9-14(19)16-11/h6-8H,2-5,9H2,1H3,(H,16,19)(H,17,20). The van der Waals surface area contributed by atoms with Crippen molar-refractivity contribution < 1.29 is 14.4 Å². The largest absolute Gasteiger partial charge is 0.324 e. The van der Waals surface area contributed by atoms with Crippen LogP contribution >= 0.6 is 0 Å². The first-order valence-electron chi connectivity index (χ1n) is 6.87. The van der Waals surface area contributed by atoms with E-state index in [1.807, 2.05) is 0 Å². The molecule has 0 saturated heterocycles. The topological polar surface area (TPSA) is 75.3 Å². The Morgan fingerprint density at radius 2 is 1.80 bits per heavy atom. The molecule has 2 amide bonds. The van der Waals surface area contributed by atoms with Crippen LogP contribution in [0.1, 0.15) is 49.4 Å². The zero-order valence-corrected chi connectivity index (χ0v) is 11.5. The third kappa shape index (κ3) is 3.44. The summed E-state index contributed by atoms with van der Waals surface area (Å²) in [7, 11) is 0. The summed E-state index contributed by atoms with van der Waals surface area (Å²) in [6.07, 6.45) is 3.28. The normalized spacial score (nSPS) is 14.1. The van der Waals surface area contributed by atoms with Crippen molar-refractivity contribution in [1.82, 2.24) is 0 Å². The summed E-state index contributed by atoms with van der Waals surface area (Å²) < 4.78 is 0. The van der Waals surface area contributed by atoms with Gasteiger partial charge in [0.2, 0.25) is 11.8 Å². The molecule has 0 aliphatic carbocycles. The van der Waals surface area contributed by atoms with E-state index in [0.717, 1.165) is 19.3 Å². The molecule has 0 unspecified atom stereocenters. The Hall–Kier alpha value is -2.17. The second-order valence-corrected chi connectivity index (χ2v) is 4.91. The Kier molecular flexibility index (Phi) is 4.50. The van der Waals surface area contributed by atoms with Gasteiger partial charge in [-0.25, -0.2) is 0 Å². The van der Waals surface area contributed by atoms with Crippen molar-refractivity contribution in [3.05, 3.63) is 23.8 Å². The van der Waals surface area contributed by atoms with E-state index in [0.29, 0.717) is 23.4 Å². The van der Waals surface area contributed by atoms with Gasteiger partial charge in [-0.15, -0.1) is 0 Å². The molecule has 1 aromatic carbocycles. The quantitative estimate of drug-likeness (QED) is 0.492. The molecular weight excluding hydrogens is 256 g/mol. The zero-order valence-electron chi connectivity index (χ0n) is 11.5. The fourth-order valence-electron chi connectivity index (χ4n) is 2.14. The lowest BCUT2D eigenvalue weighted by Gasteiger charge is -2.09. The fraction of sp³-hybridized carbons (Fsp3) is 0.400. The summed E-state index contributed by atoms with van der Waals surface area (Å²) in [4.78, 5) is 34.9. The maximum absolute atomic E-state index is 12.0. The third-order valence-corrected chi connectivity index (χ3v) is 3.22. The van der Waals surface area contributed by atoms with Crippen molar-refractivity contribution in [2.24, 2.45) is 0 Å². The van der Waals surface area contributed by atoms with Crippen molar-refractivity contribution in [2.75, 3.05) is 10.6 Å². The monoisotopic (exact) mass is 274 g/mol. The van der Waals surface area contributed by atoms with Gasteiger partial charge < -0.3 is 10.6 Å². The van der Waals surface area contributed by atoms with Crippen LogP contribution in [0.2, 0.25) is 0 Å². The van der Waals surface area contributed by atoms with Gasteiger partial charge in [0.15, 0.2) is 5.78 Å². The molecule has 5 nitrogen and oxygen atoms in total. The van der Waals surface area contributed by atoms with Gasteiger partial charge in [-0.1, -0.05) is 19.8 Å². The number of nitrogens with one attached hydrogen (secondary N) is 2. The number of rotatable bonds is 5. The van der Waals surface area contributed by atoms with Gasteiger partial charge in [0.05, 0.1) is 11.4 Å². The summed E-state index contributed by atoms with van der Waals surface area (Å²) >= 11 is 0. The zero-order chi connectivity index (χ0) is 14.5. The van der Waals surface area contributed by atoms with E-state index in [1.165, 1.54) is 0 Å². The smallest absolute Gasteiger partial charge is 0.233 e. The van der Waals surface area contributed by atoms with Crippen LogP contribution in [0.3, 0.4) is 0 Å². The Bertz CT molecular complexity index is 552. The molecule has 0 saturated carbocycles. The van der Waals surface area contributed by atoms with E-state index in [-0.39, 0.29) is 24.0 Å². The molecule has 20 heavy (non-hydrogen) atoms. The van der Waals surface area contributed by atoms with Gasteiger partial charge >= 0.3 is 0 Å². The molecule has 5 heteroatoms. The number of benzene rings is 1. The van der Waals surface area contributed by atoms with Crippen LogP contribution in [0, 0.1) is 0 Å². The number of unbranched alkanes of at least 4 members (excludes halogenated alkanes) is 2. The predicted octanol–water partition coefficient (Wildman–Crippen LogP) is 2.73. The average Bonchev–Trinajstić information content (AvgIpc) is 2.54. The summed E-state index contributed by atoms with van der Waals surface area (Å²) in [5, 5.41) is 5.28. The summed E-state index contributed by atoms with van der Waals surface area (Å²) in [5.74, 6) is -0.647. The van der Waals surface area contributed by atoms with Crippen LogP contribution in [0.5, 0.6) is 0 Å². The highest BCUT2D eigenvalue weighted by atomic mass is 16.2. The number of hydrogen-bond donors (Lipinski definition) is 2. The van der Waals surface area contributed by atoms with Gasteiger partial charge in [0, 0.05) is 12.0 Å². The number of carbonyl (C=O) groups excluding carboxylic acids is 3. The molecule has 106 valence electrons. The van der Waals surface area contributed by atoms with Gasteiger partial charge in [-0.2, -0.15) is 0 Å². The van der Waals surface area contributed by atoms with E-state index < -0.39 is 0 Å². The number of carbonyl (C=O) groups is 3. The van der Waals surface area contributed by atoms with Crippen molar-refractivity contribution >= 4 is 29.0 Å². The molecule has 1 aromatic rings. The van der Waals surface area contributed by atoms with E-state index in [4.69, 9.17) is 0 Å². The number of ketones is 1. The SMILES string of the molecule is CCCCCC(=O)c1ccc2c(c1)NC(=O)CC(=O)N2. The van der Waals surface area contributed by atoms with Crippen LogP contribution < -0.4 is 10.6 Å². The van der Waals surface area contributed by atoms with Crippen LogP contribution in [0.4, 0.5) is 11.4 Å². The summed E-state index contributed by atoms with van der Waals surface area (Å²) in [5.41, 5.74) is 1.59. The van der Waals surface area contributed by atoms with Crippen molar-refractivity contribution in [3.63, 3.8) is 0 Å². The molecule has 2 rings (SSSR count). The highest BCUT2D eigenvalue weighted by molar-refractivity contribution is 6.14. The lowest BCUT2D eigenvalue weighted by molar-refractivity contribution is -0.123. The molecule has 1 heterocycles. The van der Waals surface area contributed by atoms with Crippen molar-refractivity contribution in [3.8, 4) is 0 Å². The summed E-state index contributed by atoms with van der Waals surface area (Å²) in [6, 6.07) is 4.98. The molecule has 1 aliphatic heterocycles. The van der Waals surface area contributed by atoms with Crippen molar-refractivity contribution in [2.45, 2.75) is 39.0 Å². The maximum atomic E-state index is 12.0. The number of hydrogen-bond acceptors (Lipinski definition) is 3. The molecule has 0 atom stereocenters. The highest BCUT2D eigenvalue weighted by Gasteiger charge is 2.19. The van der Waals surface area contributed by atoms with Crippen LogP contribution in [-0.2, 0) is 9.59 Å². The Balaban J connectivity index is 2.16. The molecule has 0 bridgehead atoms. The molecule has 0 radical (unpaired) electrons. The first-order chi connectivity index (χ1) is 9.60. The Morgan fingerprint density at radius 3 is 2.50 bits per heavy atom. The molecule has 1 aliphatic rings. The molecule has 0 spiro atoms.